The van der Waals surface area contributed by atoms with Crippen LogP contribution in [0.25, 0.3) is 0 Å². The van der Waals surface area contributed by atoms with Gasteiger partial charge >= 0.3 is 6.09 Å². The van der Waals surface area contributed by atoms with E-state index in [-0.39, 0.29) is 14.5 Å². The molecule has 0 unspecified atom stereocenters. The van der Waals surface area contributed by atoms with Crippen LogP contribution in [0.2, 0.25) is 0 Å². The summed E-state index contributed by atoms with van der Waals surface area (Å²) in [4.78, 5) is 17.1. The maximum Gasteiger partial charge on any atom is 0.428 e. The van der Waals surface area contributed by atoms with Crippen molar-refractivity contribution in [1.29, 1.82) is 0 Å². The number of anilines is 1. The Balaban J connectivity index is 2.53. The molecule has 0 saturated heterocycles. The van der Waals surface area contributed by atoms with Gasteiger partial charge < -0.3 is 10.1 Å². The number of imidazole rings is 1. The number of carbonyl (C=O) groups is 1. The lowest BCUT2D eigenvalue weighted by molar-refractivity contribution is 0.206. The Kier molecular flexibility index (Phi) is 2.86. The molecule has 0 aliphatic heterocycles. The summed E-state index contributed by atoms with van der Waals surface area (Å²) in [7, 11) is -4.12. The number of nitrogens with one attached hydrogen (secondary N) is 1. The zero-order chi connectivity index (χ0) is 12.5. The molecule has 0 spiro atoms. The van der Waals surface area contributed by atoms with Crippen molar-refractivity contribution in [2.24, 2.45) is 0 Å². The molecule has 90 valence electrons. The van der Waals surface area contributed by atoms with Gasteiger partial charge in [-0.25, -0.2) is 9.78 Å². The second kappa shape index (κ2) is 4.18. The summed E-state index contributed by atoms with van der Waals surface area (Å²) in [5.41, 5.74) is 0. The summed E-state index contributed by atoms with van der Waals surface area (Å²) in [5, 5.41) is 10.5. The second-order valence-corrected chi connectivity index (χ2v) is 5.86. The first-order valence-electron chi connectivity index (χ1n) is 4.34. The van der Waals surface area contributed by atoms with E-state index in [4.69, 9.17) is 5.11 Å². The van der Waals surface area contributed by atoms with Crippen LogP contribution in [-0.2, 0) is 10.0 Å². The molecule has 7 nitrogen and oxygen atoms in total. The van der Waals surface area contributed by atoms with Crippen molar-refractivity contribution < 1.29 is 18.3 Å². The third-order valence-corrected chi connectivity index (χ3v) is 4.88. The Morgan fingerprint density at radius 3 is 2.76 bits per heavy atom. The summed E-state index contributed by atoms with van der Waals surface area (Å²) < 4.78 is 24.2. The Morgan fingerprint density at radius 1 is 1.53 bits per heavy atom. The minimum Gasteiger partial charge on any atom is -0.464 e. The number of aromatic nitrogens is 2. The number of hydrogen-bond acceptors (Lipinski definition) is 5. The van der Waals surface area contributed by atoms with Gasteiger partial charge in [0.05, 0.1) is 0 Å². The van der Waals surface area contributed by atoms with Gasteiger partial charge in [-0.15, -0.1) is 15.6 Å². The highest BCUT2D eigenvalue weighted by Crippen LogP contribution is 2.24. The van der Waals surface area contributed by atoms with Gasteiger partial charge in [0.1, 0.15) is 4.21 Å². The van der Waals surface area contributed by atoms with Gasteiger partial charge in [-0.2, -0.15) is 8.42 Å². The van der Waals surface area contributed by atoms with Gasteiger partial charge in [-0.3, -0.25) is 0 Å². The molecule has 2 aromatic heterocycles. The molecule has 1 amide bonds. The summed E-state index contributed by atoms with van der Waals surface area (Å²) in [6, 6.07) is 2.86. The van der Waals surface area contributed by atoms with Crippen LogP contribution in [0, 0.1) is 0 Å². The maximum atomic E-state index is 12.0. The summed E-state index contributed by atoms with van der Waals surface area (Å²) in [6.45, 7) is 0. The van der Waals surface area contributed by atoms with E-state index >= 15 is 0 Å². The molecule has 0 aromatic carbocycles. The van der Waals surface area contributed by atoms with Crippen LogP contribution in [0.3, 0.4) is 0 Å². The first kappa shape index (κ1) is 11.6. The zero-order valence-electron chi connectivity index (χ0n) is 8.27. The normalized spacial score (nSPS) is 11.3. The average molecular weight is 273 g/mol. The van der Waals surface area contributed by atoms with Crippen molar-refractivity contribution in [3.8, 4) is 0 Å². The average Bonchev–Trinajstić information content (AvgIpc) is 2.88. The molecule has 9 heteroatoms. The minimum atomic E-state index is -4.12. The maximum absolute atomic E-state index is 12.0. The number of H-pyrrole nitrogens is 1. The van der Waals surface area contributed by atoms with E-state index in [0.29, 0.717) is 0 Å². The minimum absolute atomic E-state index is 0.0590. The Labute approximate surface area is 100 Å². The molecule has 2 rings (SSSR count). The molecular weight excluding hydrogens is 266 g/mol. The lowest BCUT2D eigenvalue weighted by Crippen LogP contribution is -2.36. The third-order valence-electron chi connectivity index (χ3n) is 1.84. The fourth-order valence-corrected chi connectivity index (χ4v) is 3.46. The van der Waals surface area contributed by atoms with E-state index in [1.54, 1.807) is 5.38 Å². The topological polar surface area (TPSA) is 103 Å². The molecule has 17 heavy (non-hydrogen) atoms. The van der Waals surface area contributed by atoms with Crippen LogP contribution in [0.15, 0.2) is 34.1 Å². The predicted octanol–water partition coefficient (Wildman–Crippen LogP) is 1.34. The number of carboxylic acid groups (broad SMARTS) is 1. The van der Waals surface area contributed by atoms with Crippen LogP contribution in [0.1, 0.15) is 0 Å². The van der Waals surface area contributed by atoms with Crippen molar-refractivity contribution in [3.63, 3.8) is 0 Å². The van der Waals surface area contributed by atoms with Gasteiger partial charge in [0.25, 0.3) is 10.0 Å². The highest BCUT2D eigenvalue weighted by Gasteiger charge is 2.33. The zero-order valence-corrected chi connectivity index (χ0v) is 9.90. The summed E-state index contributed by atoms with van der Waals surface area (Å²) >= 11 is 0.938. The first-order valence-corrected chi connectivity index (χ1v) is 6.66. The molecule has 2 aromatic rings. The lowest BCUT2D eigenvalue weighted by Gasteiger charge is -2.14. The number of thiophene rings is 1. The number of hydrogen-bond donors (Lipinski definition) is 2. The van der Waals surface area contributed by atoms with E-state index in [9.17, 15) is 13.2 Å². The van der Waals surface area contributed by atoms with Crippen molar-refractivity contribution >= 4 is 33.4 Å². The predicted molar refractivity (Wildman–Crippen MR) is 60.6 cm³/mol. The number of aromatic amines is 1. The van der Waals surface area contributed by atoms with Gasteiger partial charge in [-0.1, -0.05) is 6.07 Å². The van der Waals surface area contributed by atoms with Crippen molar-refractivity contribution in [2.45, 2.75) is 4.21 Å². The highest BCUT2D eigenvalue weighted by molar-refractivity contribution is 7.95. The van der Waals surface area contributed by atoms with Crippen LogP contribution in [0.5, 0.6) is 0 Å². The fraction of sp³-hybridized carbons (Fsp3) is 0. The Bertz CT molecular complexity index is 603. The molecule has 0 aliphatic carbocycles. The molecule has 2 heterocycles. The van der Waals surface area contributed by atoms with Gasteiger partial charge in [0.2, 0.25) is 5.95 Å². The molecule has 0 bridgehead atoms. The quantitative estimate of drug-likeness (QED) is 0.878. The second-order valence-electron chi connectivity index (χ2n) is 2.90. The number of rotatable bonds is 3. The van der Waals surface area contributed by atoms with E-state index in [2.05, 4.69) is 9.97 Å². The summed E-state index contributed by atoms with van der Waals surface area (Å²) in [6.07, 6.45) is 0.998. The highest BCUT2D eigenvalue weighted by atomic mass is 32.2. The molecule has 0 radical (unpaired) electrons. The molecule has 0 aliphatic rings. The Morgan fingerprint density at radius 2 is 2.29 bits per heavy atom. The molecule has 2 N–H and O–H groups in total. The monoisotopic (exact) mass is 273 g/mol. The first-order chi connectivity index (χ1) is 8.03. The third kappa shape index (κ3) is 2.01. The largest absolute Gasteiger partial charge is 0.464 e. The van der Waals surface area contributed by atoms with E-state index in [1.807, 2.05) is 0 Å². The number of amides is 1. The lowest BCUT2D eigenvalue weighted by atomic mass is 10.7. The smallest absolute Gasteiger partial charge is 0.428 e. The molecule has 0 fully saturated rings. The number of nitrogens with zero attached hydrogens (tertiary/aromatic N) is 2. The van der Waals surface area contributed by atoms with Crippen molar-refractivity contribution in [3.05, 3.63) is 29.9 Å². The van der Waals surface area contributed by atoms with Gasteiger partial charge in [0, 0.05) is 12.4 Å². The van der Waals surface area contributed by atoms with E-state index in [1.165, 1.54) is 24.5 Å². The van der Waals surface area contributed by atoms with E-state index in [0.717, 1.165) is 11.3 Å². The van der Waals surface area contributed by atoms with Crippen LogP contribution >= 0.6 is 11.3 Å². The molecule has 0 atom stereocenters. The van der Waals surface area contributed by atoms with Crippen LogP contribution in [0.4, 0.5) is 10.7 Å². The standard InChI is InChI=1S/C8H7N3O4S2/c12-8(13)11(7-9-3-4-10-7)17(14,15)6-2-1-5-16-6/h1-5H,(H,9,10)(H,12,13). The number of sulfonamides is 1. The van der Waals surface area contributed by atoms with Crippen molar-refractivity contribution in [1.82, 2.24) is 9.97 Å². The fourth-order valence-electron chi connectivity index (χ4n) is 1.18. The van der Waals surface area contributed by atoms with Gasteiger partial charge in [-0.05, 0) is 11.4 Å². The Hall–Kier alpha value is -1.87. The van der Waals surface area contributed by atoms with Crippen LogP contribution in [-0.4, -0.2) is 29.6 Å². The molecule has 0 saturated carbocycles. The van der Waals surface area contributed by atoms with Crippen LogP contribution < -0.4 is 4.31 Å². The van der Waals surface area contributed by atoms with E-state index < -0.39 is 16.1 Å². The SMILES string of the molecule is O=C(O)N(c1ncc[nH]1)S(=O)(=O)c1cccs1. The molecular formula is C8H7N3O4S2. The van der Waals surface area contributed by atoms with Gasteiger partial charge in [0.15, 0.2) is 0 Å². The summed E-state index contributed by atoms with van der Waals surface area (Å²) in [5.74, 6) is -0.258. The van der Waals surface area contributed by atoms with Crippen molar-refractivity contribution in [2.75, 3.05) is 4.31 Å².